The van der Waals surface area contributed by atoms with E-state index in [9.17, 15) is 0 Å². The highest BCUT2D eigenvalue weighted by molar-refractivity contribution is 6.30. The molecule has 1 aliphatic heterocycles. The maximum absolute atomic E-state index is 6.35. The first-order valence-electron chi connectivity index (χ1n) is 7.59. The molecule has 0 spiro atoms. The number of benzene rings is 1. The van der Waals surface area contributed by atoms with E-state index in [1.54, 1.807) is 0 Å². The first-order valence-corrected chi connectivity index (χ1v) is 7.97. The van der Waals surface area contributed by atoms with Crippen LogP contribution in [0.3, 0.4) is 0 Å². The van der Waals surface area contributed by atoms with E-state index < -0.39 is 0 Å². The summed E-state index contributed by atoms with van der Waals surface area (Å²) in [6.45, 7) is 6.98. The Morgan fingerprint density at radius 1 is 1.29 bits per heavy atom. The predicted molar refractivity (Wildman–Crippen MR) is 87.1 cm³/mol. The Hall–Kier alpha value is -1.16. The summed E-state index contributed by atoms with van der Waals surface area (Å²) in [5, 5.41) is 1.83. The van der Waals surface area contributed by atoms with E-state index >= 15 is 0 Å². The van der Waals surface area contributed by atoms with Gasteiger partial charge in [0.2, 0.25) is 0 Å². The molecule has 112 valence electrons. The zero-order chi connectivity index (χ0) is 14.7. The summed E-state index contributed by atoms with van der Waals surface area (Å²) in [5.41, 5.74) is 3.34. The van der Waals surface area contributed by atoms with Gasteiger partial charge in [0.15, 0.2) is 0 Å². The standard InChI is InChI=1S/C17H21ClN2O/c1-13-4-2-5-14-12-15(17(18)19-16(13)14)6-3-7-20-8-10-21-11-9-20/h2,4-5,12H,3,6-11H2,1H3. The second-order valence-corrected chi connectivity index (χ2v) is 6.00. The number of nitrogens with zero attached hydrogens (tertiary/aromatic N) is 2. The molecule has 0 N–H and O–H groups in total. The average Bonchev–Trinajstić information content (AvgIpc) is 2.50. The van der Waals surface area contributed by atoms with Crippen LogP contribution >= 0.6 is 11.6 Å². The van der Waals surface area contributed by atoms with Gasteiger partial charge in [0.05, 0.1) is 18.7 Å². The molecule has 0 unspecified atom stereocenters. The first-order chi connectivity index (χ1) is 10.2. The minimum Gasteiger partial charge on any atom is -0.379 e. The van der Waals surface area contributed by atoms with Crippen molar-refractivity contribution in [1.82, 2.24) is 9.88 Å². The van der Waals surface area contributed by atoms with E-state index in [4.69, 9.17) is 16.3 Å². The van der Waals surface area contributed by atoms with Gasteiger partial charge >= 0.3 is 0 Å². The van der Waals surface area contributed by atoms with Gasteiger partial charge in [0.1, 0.15) is 5.15 Å². The van der Waals surface area contributed by atoms with Crippen LogP contribution in [0.4, 0.5) is 0 Å². The lowest BCUT2D eigenvalue weighted by molar-refractivity contribution is 0.0374. The number of aryl methyl sites for hydroxylation is 2. The lowest BCUT2D eigenvalue weighted by atomic mass is 10.1. The molecule has 3 rings (SSSR count). The number of para-hydroxylation sites is 1. The topological polar surface area (TPSA) is 25.4 Å². The van der Waals surface area contributed by atoms with E-state index in [1.165, 1.54) is 10.9 Å². The van der Waals surface area contributed by atoms with E-state index in [2.05, 4.69) is 41.1 Å². The summed E-state index contributed by atoms with van der Waals surface area (Å²) in [6.07, 6.45) is 2.09. The third kappa shape index (κ3) is 3.54. The molecule has 1 aromatic heterocycles. The fourth-order valence-electron chi connectivity index (χ4n) is 2.86. The monoisotopic (exact) mass is 304 g/mol. The van der Waals surface area contributed by atoms with Gasteiger partial charge in [0.25, 0.3) is 0 Å². The van der Waals surface area contributed by atoms with E-state index in [0.717, 1.165) is 56.8 Å². The van der Waals surface area contributed by atoms with E-state index in [-0.39, 0.29) is 0 Å². The Bertz CT molecular complexity index is 623. The Morgan fingerprint density at radius 3 is 2.90 bits per heavy atom. The van der Waals surface area contributed by atoms with Gasteiger partial charge < -0.3 is 4.74 Å². The van der Waals surface area contributed by atoms with E-state index in [0.29, 0.717) is 5.15 Å². The maximum atomic E-state index is 6.35. The molecule has 0 atom stereocenters. The quantitative estimate of drug-likeness (QED) is 0.809. The Labute approximate surface area is 130 Å². The zero-order valence-corrected chi connectivity index (χ0v) is 13.2. The van der Waals surface area contributed by atoms with Crippen molar-refractivity contribution in [3.8, 4) is 0 Å². The van der Waals surface area contributed by atoms with Gasteiger partial charge in [-0.25, -0.2) is 4.98 Å². The van der Waals surface area contributed by atoms with Gasteiger partial charge in [-0.2, -0.15) is 0 Å². The smallest absolute Gasteiger partial charge is 0.132 e. The van der Waals surface area contributed by atoms with Crippen molar-refractivity contribution in [2.75, 3.05) is 32.8 Å². The molecular formula is C17H21ClN2O. The second-order valence-electron chi connectivity index (χ2n) is 5.64. The third-order valence-electron chi connectivity index (χ3n) is 4.10. The first kappa shape index (κ1) is 14.8. The largest absolute Gasteiger partial charge is 0.379 e. The molecule has 1 saturated heterocycles. The normalized spacial score (nSPS) is 16.5. The molecule has 21 heavy (non-hydrogen) atoms. The molecule has 3 nitrogen and oxygen atoms in total. The molecule has 1 aromatic carbocycles. The minimum atomic E-state index is 0.652. The lowest BCUT2D eigenvalue weighted by Gasteiger charge is -2.26. The number of pyridine rings is 1. The lowest BCUT2D eigenvalue weighted by Crippen LogP contribution is -2.36. The summed E-state index contributed by atoms with van der Waals surface area (Å²) in [6, 6.07) is 8.45. The highest BCUT2D eigenvalue weighted by atomic mass is 35.5. The number of hydrogen-bond donors (Lipinski definition) is 0. The maximum Gasteiger partial charge on any atom is 0.132 e. The molecule has 1 fully saturated rings. The van der Waals surface area contributed by atoms with Crippen LogP contribution in [-0.2, 0) is 11.2 Å². The van der Waals surface area contributed by atoms with Gasteiger partial charge in [0, 0.05) is 18.5 Å². The van der Waals surface area contributed by atoms with Gasteiger partial charge in [-0.3, -0.25) is 4.90 Å². The van der Waals surface area contributed by atoms with Crippen LogP contribution in [0.25, 0.3) is 10.9 Å². The fraction of sp³-hybridized carbons (Fsp3) is 0.471. The molecular weight excluding hydrogens is 284 g/mol. The summed E-state index contributed by atoms with van der Waals surface area (Å²) in [5.74, 6) is 0. The van der Waals surface area contributed by atoms with Crippen molar-refractivity contribution in [2.45, 2.75) is 19.8 Å². The third-order valence-corrected chi connectivity index (χ3v) is 4.43. The predicted octanol–water partition coefficient (Wildman–Crippen LogP) is 3.46. The van der Waals surface area contributed by atoms with E-state index in [1.807, 2.05) is 0 Å². The summed E-state index contributed by atoms with van der Waals surface area (Å²) in [7, 11) is 0. The van der Waals surface area contributed by atoms with Crippen molar-refractivity contribution in [3.05, 3.63) is 40.5 Å². The van der Waals surface area contributed by atoms with Crippen LogP contribution in [-0.4, -0.2) is 42.7 Å². The van der Waals surface area contributed by atoms with Crippen LogP contribution < -0.4 is 0 Å². The number of aromatic nitrogens is 1. The van der Waals surface area contributed by atoms with Gasteiger partial charge in [-0.1, -0.05) is 29.8 Å². The van der Waals surface area contributed by atoms with Crippen LogP contribution in [0.1, 0.15) is 17.5 Å². The molecule has 0 bridgehead atoms. The SMILES string of the molecule is Cc1cccc2cc(CCCN3CCOCC3)c(Cl)nc12. The van der Waals surface area contributed by atoms with Crippen LogP contribution in [0.2, 0.25) is 5.15 Å². The van der Waals surface area contributed by atoms with Crippen LogP contribution in [0.15, 0.2) is 24.3 Å². The number of morpholine rings is 1. The molecule has 0 saturated carbocycles. The molecule has 0 radical (unpaired) electrons. The van der Waals surface area contributed by atoms with Gasteiger partial charge in [-0.15, -0.1) is 0 Å². The molecule has 0 amide bonds. The number of rotatable bonds is 4. The van der Waals surface area contributed by atoms with Crippen molar-refractivity contribution < 1.29 is 4.74 Å². The van der Waals surface area contributed by atoms with Crippen molar-refractivity contribution in [3.63, 3.8) is 0 Å². The highest BCUT2D eigenvalue weighted by Gasteiger charge is 2.11. The zero-order valence-electron chi connectivity index (χ0n) is 12.4. The Morgan fingerprint density at radius 2 is 2.10 bits per heavy atom. The number of halogens is 1. The van der Waals surface area contributed by atoms with Crippen molar-refractivity contribution in [2.24, 2.45) is 0 Å². The molecule has 2 heterocycles. The molecule has 4 heteroatoms. The highest BCUT2D eigenvalue weighted by Crippen LogP contribution is 2.23. The average molecular weight is 305 g/mol. The number of fused-ring (bicyclic) bond motifs is 1. The second kappa shape index (κ2) is 6.73. The van der Waals surface area contributed by atoms with Crippen LogP contribution in [0.5, 0.6) is 0 Å². The Kier molecular flexibility index (Phi) is 4.73. The minimum absolute atomic E-state index is 0.652. The number of hydrogen-bond acceptors (Lipinski definition) is 3. The summed E-state index contributed by atoms with van der Waals surface area (Å²) in [4.78, 5) is 7.03. The summed E-state index contributed by atoms with van der Waals surface area (Å²) >= 11 is 6.35. The van der Waals surface area contributed by atoms with Crippen molar-refractivity contribution >= 4 is 22.5 Å². The fourth-order valence-corrected chi connectivity index (χ4v) is 3.09. The molecule has 1 aliphatic rings. The Balaban J connectivity index is 1.67. The van der Waals surface area contributed by atoms with Crippen molar-refractivity contribution in [1.29, 1.82) is 0 Å². The molecule has 2 aromatic rings. The molecule has 0 aliphatic carbocycles. The number of ether oxygens (including phenoxy) is 1. The summed E-state index contributed by atoms with van der Waals surface area (Å²) < 4.78 is 5.37. The van der Waals surface area contributed by atoms with Crippen LogP contribution in [0, 0.1) is 6.92 Å². The van der Waals surface area contributed by atoms with Gasteiger partial charge in [-0.05, 0) is 43.5 Å².